The van der Waals surface area contributed by atoms with Crippen molar-refractivity contribution in [2.24, 2.45) is 0 Å². The lowest BCUT2D eigenvalue weighted by Crippen LogP contribution is -2.44. The van der Waals surface area contributed by atoms with Gasteiger partial charge in [-0.3, -0.25) is 4.79 Å². The van der Waals surface area contributed by atoms with Crippen molar-refractivity contribution in [1.29, 1.82) is 0 Å². The Morgan fingerprint density at radius 2 is 1.84 bits per heavy atom. The molecule has 25 heavy (non-hydrogen) atoms. The van der Waals surface area contributed by atoms with Gasteiger partial charge in [0.05, 0.1) is 6.42 Å². The Labute approximate surface area is 150 Å². The highest BCUT2D eigenvalue weighted by atomic mass is 35.5. The summed E-state index contributed by atoms with van der Waals surface area (Å²) >= 11 is 5.87. The van der Waals surface area contributed by atoms with E-state index in [4.69, 9.17) is 21.4 Å². The second kappa shape index (κ2) is 8.16. The Hall–Kier alpha value is -2.34. The fraction of sp³-hybridized carbons (Fsp3) is 0.389. The van der Waals surface area contributed by atoms with Crippen molar-refractivity contribution >= 4 is 29.5 Å². The minimum absolute atomic E-state index is 0.132. The standard InChI is InChI=1S/C18H19ClO6/c1-12(17(23)24-11-15(20)21)9-16(22)25-18(7-2-8-18)10-13-3-5-14(19)6-4-13/h3-6H,1-2,7-11H2,(H,20,21). The van der Waals surface area contributed by atoms with E-state index in [0.717, 1.165) is 24.8 Å². The maximum atomic E-state index is 12.1. The van der Waals surface area contributed by atoms with E-state index in [1.165, 1.54) is 0 Å². The largest absolute Gasteiger partial charge is 0.479 e. The Morgan fingerprint density at radius 1 is 1.20 bits per heavy atom. The number of halogens is 1. The van der Waals surface area contributed by atoms with Gasteiger partial charge in [0.15, 0.2) is 6.61 Å². The molecule has 0 saturated heterocycles. The molecule has 6 nitrogen and oxygen atoms in total. The third-order valence-corrected chi connectivity index (χ3v) is 4.26. The molecule has 0 bridgehead atoms. The highest BCUT2D eigenvalue weighted by Crippen LogP contribution is 2.39. The summed E-state index contributed by atoms with van der Waals surface area (Å²) in [5.41, 5.74) is 0.305. The van der Waals surface area contributed by atoms with Crippen molar-refractivity contribution < 1.29 is 29.0 Å². The second-order valence-electron chi connectivity index (χ2n) is 6.06. The third kappa shape index (κ3) is 5.60. The van der Waals surface area contributed by atoms with E-state index in [2.05, 4.69) is 11.3 Å². The summed E-state index contributed by atoms with van der Waals surface area (Å²) in [5, 5.41) is 9.11. The van der Waals surface area contributed by atoms with Gasteiger partial charge in [0.1, 0.15) is 5.60 Å². The van der Waals surface area contributed by atoms with Gasteiger partial charge in [-0.25, -0.2) is 9.59 Å². The van der Waals surface area contributed by atoms with Crippen LogP contribution in [-0.4, -0.2) is 35.2 Å². The number of ether oxygens (including phenoxy) is 2. The monoisotopic (exact) mass is 366 g/mol. The van der Waals surface area contributed by atoms with Crippen LogP contribution in [0.1, 0.15) is 31.2 Å². The molecule has 2 rings (SSSR count). The fourth-order valence-corrected chi connectivity index (χ4v) is 2.74. The van der Waals surface area contributed by atoms with Gasteiger partial charge in [-0.05, 0) is 37.0 Å². The van der Waals surface area contributed by atoms with Crippen LogP contribution in [0.3, 0.4) is 0 Å². The van der Waals surface area contributed by atoms with E-state index in [0.29, 0.717) is 11.4 Å². The van der Waals surface area contributed by atoms with Gasteiger partial charge in [0, 0.05) is 17.0 Å². The van der Waals surface area contributed by atoms with Crippen LogP contribution in [-0.2, 0) is 30.3 Å². The summed E-state index contributed by atoms with van der Waals surface area (Å²) < 4.78 is 10.1. The summed E-state index contributed by atoms with van der Waals surface area (Å²) in [7, 11) is 0. The summed E-state index contributed by atoms with van der Waals surface area (Å²) in [6.07, 6.45) is 2.70. The molecular formula is C18H19ClO6. The molecule has 134 valence electrons. The minimum Gasteiger partial charge on any atom is -0.479 e. The van der Waals surface area contributed by atoms with Crippen molar-refractivity contribution in [3.63, 3.8) is 0 Å². The number of rotatable bonds is 8. The van der Waals surface area contributed by atoms with Crippen molar-refractivity contribution in [3.8, 4) is 0 Å². The van der Waals surface area contributed by atoms with Crippen LogP contribution in [0.4, 0.5) is 0 Å². The van der Waals surface area contributed by atoms with Crippen LogP contribution < -0.4 is 0 Å². The molecular weight excluding hydrogens is 348 g/mol. The van der Waals surface area contributed by atoms with Gasteiger partial charge >= 0.3 is 17.9 Å². The normalized spacial score (nSPS) is 14.9. The lowest BCUT2D eigenvalue weighted by molar-refractivity contribution is -0.169. The predicted octanol–water partition coefficient (Wildman–Crippen LogP) is 2.92. The average Bonchev–Trinajstić information content (AvgIpc) is 2.52. The van der Waals surface area contributed by atoms with Crippen molar-refractivity contribution in [3.05, 3.63) is 47.0 Å². The van der Waals surface area contributed by atoms with Crippen molar-refractivity contribution in [2.75, 3.05) is 6.61 Å². The zero-order chi connectivity index (χ0) is 18.4. The molecule has 0 radical (unpaired) electrons. The zero-order valence-corrected chi connectivity index (χ0v) is 14.4. The minimum atomic E-state index is -1.28. The van der Waals surface area contributed by atoms with Crippen LogP contribution in [0.15, 0.2) is 36.4 Å². The number of carbonyl (C=O) groups is 3. The SMILES string of the molecule is C=C(CC(=O)OC1(Cc2ccc(Cl)cc2)CCC1)C(=O)OCC(=O)O. The second-order valence-corrected chi connectivity index (χ2v) is 6.50. The van der Waals surface area contributed by atoms with Crippen LogP contribution >= 0.6 is 11.6 Å². The number of carboxylic acids is 1. The molecule has 0 aliphatic heterocycles. The molecule has 0 aromatic heterocycles. The van der Waals surface area contributed by atoms with E-state index < -0.39 is 30.1 Å². The maximum Gasteiger partial charge on any atom is 0.341 e. The summed E-state index contributed by atoms with van der Waals surface area (Å²) in [6, 6.07) is 7.34. The highest BCUT2D eigenvalue weighted by molar-refractivity contribution is 6.30. The highest BCUT2D eigenvalue weighted by Gasteiger charge is 2.41. The van der Waals surface area contributed by atoms with Crippen molar-refractivity contribution in [2.45, 2.75) is 37.7 Å². The molecule has 0 heterocycles. The zero-order valence-electron chi connectivity index (χ0n) is 13.6. The van der Waals surface area contributed by atoms with Gasteiger partial charge in [-0.15, -0.1) is 0 Å². The molecule has 1 aromatic rings. The van der Waals surface area contributed by atoms with E-state index in [9.17, 15) is 14.4 Å². The molecule has 7 heteroatoms. The number of aliphatic carboxylic acids is 1. The third-order valence-electron chi connectivity index (χ3n) is 4.01. The van der Waals surface area contributed by atoms with Gasteiger partial charge in [-0.1, -0.05) is 30.3 Å². The summed E-state index contributed by atoms with van der Waals surface area (Å²) in [4.78, 5) is 34.0. The number of carboxylic acid groups (broad SMARTS) is 1. The lowest BCUT2D eigenvalue weighted by Gasteiger charge is -2.41. The van der Waals surface area contributed by atoms with E-state index in [-0.39, 0.29) is 12.0 Å². The topological polar surface area (TPSA) is 89.9 Å². The first-order chi connectivity index (χ1) is 11.8. The number of benzene rings is 1. The van der Waals surface area contributed by atoms with Crippen LogP contribution in [0.25, 0.3) is 0 Å². The molecule has 0 unspecified atom stereocenters. The first kappa shape index (κ1) is 19.0. The molecule has 1 aliphatic rings. The Balaban J connectivity index is 1.88. The predicted molar refractivity (Wildman–Crippen MR) is 90.2 cm³/mol. The van der Waals surface area contributed by atoms with Gasteiger partial charge in [0.2, 0.25) is 0 Å². The van der Waals surface area contributed by atoms with Gasteiger partial charge in [0.25, 0.3) is 0 Å². The summed E-state index contributed by atoms with van der Waals surface area (Å²) in [5.74, 6) is -2.77. The first-order valence-corrected chi connectivity index (χ1v) is 8.20. The quantitative estimate of drug-likeness (QED) is 0.562. The average molecular weight is 367 g/mol. The molecule has 0 atom stereocenters. The Morgan fingerprint density at radius 3 is 2.36 bits per heavy atom. The van der Waals surface area contributed by atoms with Gasteiger partial charge < -0.3 is 14.6 Å². The smallest absolute Gasteiger partial charge is 0.341 e. The van der Waals surface area contributed by atoms with Crippen LogP contribution in [0.2, 0.25) is 5.02 Å². The number of esters is 2. The summed E-state index contributed by atoms with van der Waals surface area (Å²) in [6.45, 7) is 2.69. The van der Waals surface area contributed by atoms with Crippen LogP contribution in [0.5, 0.6) is 0 Å². The number of hydrogen-bond donors (Lipinski definition) is 1. The van der Waals surface area contributed by atoms with E-state index in [1.807, 2.05) is 12.1 Å². The molecule has 1 saturated carbocycles. The van der Waals surface area contributed by atoms with Crippen LogP contribution in [0, 0.1) is 0 Å². The molecule has 1 fully saturated rings. The number of hydrogen-bond acceptors (Lipinski definition) is 5. The number of carbonyl (C=O) groups excluding carboxylic acids is 2. The van der Waals surface area contributed by atoms with Gasteiger partial charge in [-0.2, -0.15) is 0 Å². The van der Waals surface area contributed by atoms with E-state index >= 15 is 0 Å². The lowest BCUT2D eigenvalue weighted by atomic mass is 9.75. The molecule has 1 aromatic carbocycles. The fourth-order valence-electron chi connectivity index (χ4n) is 2.61. The molecule has 1 N–H and O–H groups in total. The Kier molecular flexibility index (Phi) is 6.20. The first-order valence-electron chi connectivity index (χ1n) is 7.83. The Bertz CT molecular complexity index is 675. The molecule has 0 spiro atoms. The van der Waals surface area contributed by atoms with E-state index in [1.54, 1.807) is 12.1 Å². The molecule has 0 amide bonds. The van der Waals surface area contributed by atoms with Crippen molar-refractivity contribution in [1.82, 2.24) is 0 Å². The molecule has 1 aliphatic carbocycles. The maximum absolute atomic E-state index is 12.1.